The Morgan fingerprint density at radius 1 is 1.25 bits per heavy atom. The van der Waals surface area contributed by atoms with Crippen molar-refractivity contribution in [1.29, 1.82) is 0 Å². The zero-order chi connectivity index (χ0) is 14.5. The van der Waals surface area contributed by atoms with Gasteiger partial charge in [0.2, 0.25) is 0 Å². The molecule has 2 aromatic carbocycles. The van der Waals surface area contributed by atoms with Crippen LogP contribution in [0.3, 0.4) is 0 Å². The predicted molar refractivity (Wildman–Crippen MR) is 81.2 cm³/mol. The standard InChI is InChI=1S/C16H18N2O2/c1-3-20-15-9-11(2)7-8-14(15)18-16(19)12-5-4-6-13(17)10-12/h4-10H,3,17H2,1-2H3,(H,18,19). The second-order valence-electron chi connectivity index (χ2n) is 4.51. The first-order chi connectivity index (χ1) is 9.60. The Labute approximate surface area is 118 Å². The molecule has 0 aliphatic rings. The minimum absolute atomic E-state index is 0.206. The molecule has 2 aromatic rings. The average molecular weight is 270 g/mol. The lowest BCUT2D eigenvalue weighted by Crippen LogP contribution is -2.13. The van der Waals surface area contributed by atoms with Gasteiger partial charge in [-0.05, 0) is 49.7 Å². The van der Waals surface area contributed by atoms with Crippen molar-refractivity contribution in [1.82, 2.24) is 0 Å². The number of aryl methyl sites for hydroxylation is 1. The zero-order valence-electron chi connectivity index (χ0n) is 11.6. The lowest BCUT2D eigenvalue weighted by atomic mass is 10.1. The van der Waals surface area contributed by atoms with Crippen LogP contribution >= 0.6 is 0 Å². The number of carbonyl (C=O) groups is 1. The molecule has 0 aliphatic heterocycles. The van der Waals surface area contributed by atoms with Crippen LogP contribution in [-0.2, 0) is 0 Å². The molecule has 0 bridgehead atoms. The second kappa shape index (κ2) is 6.10. The predicted octanol–water partition coefficient (Wildman–Crippen LogP) is 3.23. The molecule has 0 atom stereocenters. The van der Waals surface area contributed by atoms with E-state index in [1.807, 2.05) is 32.0 Å². The summed E-state index contributed by atoms with van der Waals surface area (Å²) in [6, 6.07) is 12.5. The quantitative estimate of drug-likeness (QED) is 0.838. The first kappa shape index (κ1) is 13.9. The van der Waals surface area contributed by atoms with Crippen molar-refractivity contribution in [3.63, 3.8) is 0 Å². The lowest BCUT2D eigenvalue weighted by molar-refractivity contribution is 0.102. The molecule has 20 heavy (non-hydrogen) atoms. The van der Waals surface area contributed by atoms with Crippen LogP contribution in [0.5, 0.6) is 5.75 Å². The SMILES string of the molecule is CCOc1cc(C)ccc1NC(=O)c1cccc(N)c1. The van der Waals surface area contributed by atoms with Crippen LogP contribution in [0.25, 0.3) is 0 Å². The molecule has 0 radical (unpaired) electrons. The van der Waals surface area contributed by atoms with Gasteiger partial charge in [0.15, 0.2) is 0 Å². The molecular weight excluding hydrogens is 252 g/mol. The molecular formula is C16H18N2O2. The summed E-state index contributed by atoms with van der Waals surface area (Å²) in [5.41, 5.74) is 8.50. The molecule has 0 saturated heterocycles. The van der Waals surface area contributed by atoms with Gasteiger partial charge < -0.3 is 15.8 Å². The van der Waals surface area contributed by atoms with Crippen LogP contribution in [0, 0.1) is 6.92 Å². The highest BCUT2D eigenvalue weighted by molar-refractivity contribution is 6.05. The summed E-state index contributed by atoms with van der Waals surface area (Å²) in [7, 11) is 0. The van der Waals surface area contributed by atoms with Crippen LogP contribution in [0.1, 0.15) is 22.8 Å². The fourth-order valence-corrected chi connectivity index (χ4v) is 1.88. The molecule has 0 aliphatic carbocycles. The topological polar surface area (TPSA) is 64.3 Å². The molecule has 3 N–H and O–H groups in total. The fourth-order valence-electron chi connectivity index (χ4n) is 1.88. The molecule has 0 unspecified atom stereocenters. The first-order valence-electron chi connectivity index (χ1n) is 6.50. The zero-order valence-corrected chi connectivity index (χ0v) is 11.6. The number of amides is 1. The monoisotopic (exact) mass is 270 g/mol. The third kappa shape index (κ3) is 3.29. The van der Waals surface area contributed by atoms with Gasteiger partial charge in [0.25, 0.3) is 5.91 Å². The fraction of sp³-hybridized carbons (Fsp3) is 0.188. The van der Waals surface area contributed by atoms with Gasteiger partial charge in [0, 0.05) is 11.3 Å². The van der Waals surface area contributed by atoms with E-state index in [0.29, 0.717) is 29.3 Å². The number of anilines is 2. The number of benzene rings is 2. The Kier molecular flexibility index (Phi) is 4.25. The first-order valence-corrected chi connectivity index (χ1v) is 6.50. The van der Waals surface area contributed by atoms with E-state index in [2.05, 4.69) is 5.32 Å². The van der Waals surface area contributed by atoms with Crippen molar-refractivity contribution >= 4 is 17.3 Å². The van der Waals surface area contributed by atoms with Crippen LogP contribution in [-0.4, -0.2) is 12.5 Å². The van der Waals surface area contributed by atoms with E-state index in [9.17, 15) is 4.79 Å². The molecule has 0 saturated carbocycles. The van der Waals surface area contributed by atoms with Gasteiger partial charge in [0.05, 0.1) is 12.3 Å². The molecule has 1 amide bonds. The average Bonchev–Trinajstić information content (AvgIpc) is 2.42. The summed E-state index contributed by atoms with van der Waals surface area (Å²) >= 11 is 0. The highest BCUT2D eigenvalue weighted by Gasteiger charge is 2.10. The maximum absolute atomic E-state index is 12.2. The van der Waals surface area contributed by atoms with Gasteiger partial charge >= 0.3 is 0 Å². The number of hydrogen-bond acceptors (Lipinski definition) is 3. The molecule has 0 fully saturated rings. The smallest absolute Gasteiger partial charge is 0.255 e. The minimum atomic E-state index is -0.206. The van der Waals surface area contributed by atoms with Gasteiger partial charge in [-0.3, -0.25) is 4.79 Å². The molecule has 0 aromatic heterocycles. The number of nitrogen functional groups attached to an aromatic ring is 1. The maximum Gasteiger partial charge on any atom is 0.255 e. The molecule has 0 spiro atoms. The van der Waals surface area contributed by atoms with E-state index in [1.54, 1.807) is 24.3 Å². The van der Waals surface area contributed by atoms with Crippen LogP contribution in [0.15, 0.2) is 42.5 Å². The number of ether oxygens (including phenoxy) is 1. The van der Waals surface area contributed by atoms with Crippen LogP contribution in [0.2, 0.25) is 0 Å². The van der Waals surface area contributed by atoms with Gasteiger partial charge in [-0.1, -0.05) is 12.1 Å². The van der Waals surface area contributed by atoms with Gasteiger partial charge in [-0.25, -0.2) is 0 Å². The number of hydrogen-bond donors (Lipinski definition) is 2. The van der Waals surface area contributed by atoms with E-state index in [0.717, 1.165) is 5.56 Å². The van der Waals surface area contributed by atoms with E-state index in [1.165, 1.54) is 0 Å². The van der Waals surface area contributed by atoms with Crippen molar-refractivity contribution in [2.45, 2.75) is 13.8 Å². The summed E-state index contributed by atoms with van der Waals surface area (Å²) in [5.74, 6) is 0.465. The van der Waals surface area contributed by atoms with E-state index >= 15 is 0 Å². The third-order valence-electron chi connectivity index (χ3n) is 2.83. The van der Waals surface area contributed by atoms with Crippen LogP contribution < -0.4 is 15.8 Å². The summed E-state index contributed by atoms with van der Waals surface area (Å²) in [5, 5.41) is 2.85. The summed E-state index contributed by atoms with van der Waals surface area (Å²) in [6.45, 7) is 4.43. The Hall–Kier alpha value is -2.49. The Morgan fingerprint density at radius 3 is 2.75 bits per heavy atom. The second-order valence-corrected chi connectivity index (χ2v) is 4.51. The van der Waals surface area contributed by atoms with Crippen molar-refractivity contribution in [2.75, 3.05) is 17.7 Å². The molecule has 0 heterocycles. The number of carbonyl (C=O) groups excluding carboxylic acids is 1. The number of nitrogens with one attached hydrogen (secondary N) is 1. The number of rotatable bonds is 4. The molecule has 2 rings (SSSR count). The normalized spacial score (nSPS) is 10.1. The summed E-state index contributed by atoms with van der Waals surface area (Å²) in [4.78, 5) is 12.2. The Morgan fingerprint density at radius 2 is 2.05 bits per heavy atom. The largest absolute Gasteiger partial charge is 0.492 e. The van der Waals surface area contributed by atoms with E-state index in [-0.39, 0.29) is 5.91 Å². The number of nitrogens with two attached hydrogens (primary N) is 1. The van der Waals surface area contributed by atoms with E-state index in [4.69, 9.17) is 10.5 Å². The molecule has 4 nitrogen and oxygen atoms in total. The third-order valence-corrected chi connectivity index (χ3v) is 2.83. The van der Waals surface area contributed by atoms with Crippen molar-refractivity contribution < 1.29 is 9.53 Å². The molecule has 4 heteroatoms. The van der Waals surface area contributed by atoms with Crippen molar-refractivity contribution in [2.24, 2.45) is 0 Å². The summed E-state index contributed by atoms with van der Waals surface area (Å²) in [6.07, 6.45) is 0. The van der Waals surface area contributed by atoms with Gasteiger partial charge in [0.1, 0.15) is 5.75 Å². The highest BCUT2D eigenvalue weighted by atomic mass is 16.5. The van der Waals surface area contributed by atoms with Crippen molar-refractivity contribution in [3.05, 3.63) is 53.6 Å². The molecule has 104 valence electrons. The maximum atomic E-state index is 12.2. The highest BCUT2D eigenvalue weighted by Crippen LogP contribution is 2.26. The van der Waals surface area contributed by atoms with Gasteiger partial charge in [-0.2, -0.15) is 0 Å². The minimum Gasteiger partial charge on any atom is -0.492 e. The van der Waals surface area contributed by atoms with E-state index < -0.39 is 0 Å². The Balaban J connectivity index is 2.23. The van der Waals surface area contributed by atoms with Gasteiger partial charge in [-0.15, -0.1) is 0 Å². The lowest BCUT2D eigenvalue weighted by Gasteiger charge is -2.12. The summed E-state index contributed by atoms with van der Waals surface area (Å²) < 4.78 is 5.54. The Bertz CT molecular complexity index is 624. The van der Waals surface area contributed by atoms with Crippen LogP contribution in [0.4, 0.5) is 11.4 Å². The van der Waals surface area contributed by atoms with Crippen molar-refractivity contribution in [3.8, 4) is 5.75 Å².